The Morgan fingerprint density at radius 3 is 2.57 bits per heavy atom. The number of nitrogens with zero attached hydrogens (tertiary/aromatic N) is 4. The fourth-order valence-electron chi connectivity index (χ4n) is 4.08. The van der Waals surface area contributed by atoms with Gasteiger partial charge in [0, 0.05) is 31.9 Å². The summed E-state index contributed by atoms with van der Waals surface area (Å²) in [6.07, 6.45) is -2.85. The number of anilines is 2. The monoisotopic (exact) mass is 528 g/mol. The molecule has 0 spiro atoms. The van der Waals surface area contributed by atoms with Crippen molar-refractivity contribution in [3.8, 4) is 0 Å². The van der Waals surface area contributed by atoms with Gasteiger partial charge in [-0.05, 0) is 24.6 Å². The summed E-state index contributed by atoms with van der Waals surface area (Å²) < 4.78 is 40.4. The Morgan fingerprint density at radius 1 is 1.23 bits per heavy atom. The van der Waals surface area contributed by atoms with E-state index in [1.807, 2.05) is 11.8 Å². The molecule has 1 aliphatic rings. The molecule has 0 bridgehead atoms. The predicted molar refractivity (Wildman–Crippen MR) is 128 cm³/mol. The lowest BCUT2D eigenvalue weighted by atomic mass is 10.1. The summed E-state index contributed by atoms with van der Waals surface area (Å²) in [5.41, 5.74) is 0.0224. The number of rotatable bonds is 5. The quantitative estimate of drug-likeness (QED) is 0.524. The van der Waals surface area contributed by atoms with E-state index in [4.69, 9.17) is 23.2 Å². The van der Waals surface area contributed by atoms with Crippen LogP contribution < -0.4 is 21.0 Å². The van der Waals surface area contributed by atoms with Crippen molar-refractivity contribution in [3.05, 3.63) is 56.1 Å². The minimum atomic E-state index is -4.56. The highest BCUT2D eigenvalue weighted by molar-refractivity contribution is 6.33. The molecule has 2 aromatic heterocycles. The molecule has 35 heavy (non-hydrogen) atoms. The van der Waals surface area contributed by atoms with Crippen molar-refractivity contribution >= 4 is 51.6 Å². The predicted octanol–water partition coefficient (Wildman–Crippen LogP) is 3.73. The number of halogens is 5. The van der Waals surface area contributed by atoms with Crippen molar-refractivity contribution in [3.63, 3.8) is 0 Å². The number of piperazine rings is 1. The zero-order valence-corrected chi connectivity index (χ0v) is 20.1. The maximum absolute atomic E-state index is 13.4. The molecule has 3 aromatic rings. The Bertz CT molecular complexity index is 1340. The van der Waals surface area contributed by atoms with E-state index in [0.29, 0.717) is 44.0 Å². The Kier molecular flexibility index (Phi) is 7.20. The second-order valence-electron chi connectivity index (χ2n) is 7.91. The van der Waals surface area contributed by atoms with Crippen LogP contribution in [0.1, 0.15) is 18.2 Å². The number of amides is 1. The van der Waals surface area contributed by atoms with E-state index in [1.165, 1.54) is 6.20 Å². The zero-order valence-electron chi connectivity index (χ0n) is 18.5. The maximum Gasteiger partial charge on any atom is 0.416 e. The minimum absolute atomic E-state index is 0.0311. The Labute approximate surface area is 208 Å². The van der Waals surface area contributed by atoms with Crippen LogP contribution in [0.4, 0.5) is 24.5 Å². The largest absolute Gasteiger partial charge is 0.416 e. The summed E-state index contributed by atoms with van der Waals surface area (Å²) >= 11 is 12.0. The number of hydrogen-bond acceptors (Lipinski definition) is 6. The van der Waals surface area contributed by atoms with Crippen LogP contribution in [-0.2, 0) is 23.9 Å². The smallest absolute Gasteiger partial charge is 0.364 e. The molecule has 186 valence electrons. The SMILES string of the molecule is CCc1c(N2CCNCC2)c(=O)c2nc(Cl)cnc2n1CC(=O)Nc1ccc(C(F)(F)F)cc1Cl. The fraction of sp³-hybridized carbons (Fsp3) is 0.364. The zero-order chi connectivity index (χ0) is 25.3. The summed E-state index contributed by atoms with van der Waals surface area (Å²) in [5.74, 6) is -0.561. The topological polar surface area (TPSA) is 92.2 Å². The van der Waals surface area contributed by atoms with Crippen molar-refractivity contribution in [2.45, 2.75) is 26.1 Å². The average molecular weight is 529 g/mol. The average Bonchev–Trinajstić information content (AvgIpc) is 2.81. The number of nitrogens with one attached hydrogen (secondary N) is 2. The first-order chi connectivity index (χ1) is 16.6. The molecule has 2 N–H and O–H groups in total. The Morgan fingerprint density at radius 2 is 1.94 bits per heavy atom. The molecule has 0 unspecified atom stereocenters. The molecular formula is C22H21Cl2F3N6O2. The molecule has 1 fully saturated rings. The standard InChI is InChI=1S/C22H21Cl2F3N6O2/c1-2-15-19(32-7-5-28-6-8-32)20(35)18-21(29-10-16(24)31-18)33(15)11-17(34)30-14-4-3-12(9-13(14)23)22(25,26)27/h3-4,9-10,28H,2,5-8,11H2,1H3,(H,30,34). The van der Waals surface area contributed by atoms with Gasteiger partial charge in [-0.2, -0.15) is 13.2 Å². The van der Waals surface area contributed by atoms with Crippen LogP contribution in [0.15, 0.2) is 29.2 Å². The van der Waals surface area contributed by atoms with Crippen LogP contribution in [0, 0.1) is 0 Å². The van der Waals surface area contributed by atoms with E-state index in [9.17, 15) is 22.8 Å². The molecule has 0 saturated carbocycles. The summed E-state index contributed by atoms with van der Waals surface area (Å²) in [6, 6.07) is 2.68. The second-order valence-corrected chi connectivity index (χ2v) is 8.70. The van der Waals surface area contributed by atoms with Gasteiger partial charge in [0.05, 0.1) is 22.5 Å². The third-order valence-electron chi connectivity index (χ3n) is 5.65. The first kappa shape index (κ1) is 25.2. The lowest BCUT2D eigenvalue weighted by Gasteiger charge is -2.31. The van der Waals surface area contributed by atoms with E-state index in [-0.39, 0.29) is 39.0 Å². The third kappa shape index (κ3) is 5.21. The van der Waals surface area contributed by atoms with Gasteiger partial charge in [0.2, 0.25) is 11.3 Å². The van der Waals surface area contributed by atoms with Crippen LogP contribution >= 0.6 is 23.2 Å². The molecule has 0 aliphatic carbocycles. The van der Waals surface area contributed by atoms with Crippen molar-refractivity contribution < 1.29 is 18.0 Å². The summed E-state index contributed by atoms with van der Waals surface area (Å²) in [4.78, 5) is 36.8. The van der Waals surface area contributed by atoms with Crippen molar-refractivity contribution in [1.29, 1.82) is 0 Å². The molecule has 1 aromatic carbocycles. The number of benzene rings is 1. The molecule has 0 radical (unpaired) electrons. The minimum Gasteiger partial charge on any atom is -0.364 e. The number of hydrogen-bond donors (Lipinski definition) is 2. The summed E-state index contributed by atoms with van der Waals surface area (Å²) in [7, 11) is 0. The van der Waals surface area contributed by atoms with E-state index in [0.717, 1.165) is 18.2 Å². The molecular weight excluding hydrogens is 508 g/mol. The molecule has 1 amide bonds. The number of carbonyl (C=O) groups is 1. The van der Waals surface area contributed by atoms with Gasteiger partial charge in [-0.15, -0.1) is 0 Å². The van der Waals surface area contributed by atoms with Crippen molar-refractivity contribution in [2.75, 3.05) is 36.4 Å². The first-order valence-electron chi connectivity index (χ1n) is 10.8. The lowest BCUT2D eigenvalue weighted by molar-refractivity contribution is -0.137. The number of aromatic nitrogens is 3. The van der Waals surface area contributed by atoms with E-state index in [2.05, 4.69) is 20.6 Å². The van der Waals surface area contributed by atoms with E-state index >= 15 is 0 Å². The highest BCUT2D eigenvalue weighted by Gasteiger charge is 2.31. The Balaban J connectivity index is 1.75. The third-order valence-corrected chi connectivity index (χ3v) is 6.14. The molecule has 1 saturated heterocycles. The van der Waals surface area contributed by atoms with Gasteiger partial charge in [-0.3, -0.25) is 9.59 Å². The van der Waals surface area contributed by atoms with Crippen molar-refractivity contribution in [1.82, 2.24) is 19.9 Å². The maximum atomic E-state index is 13.4. The van der Waals surface area contributed by atoms with Crippen LogP contribution in [0.3, 0.4) is 0 Å². The second kappa shape index (κ2) is 10.00. The number of alkyl halides is 3. The van der Waals surface area contributed by atoms with Gasteiger partial charge in [0.25, 0.3) is 0 Å². The summed E-state index contributed by atoms with van der Waals surface area (Å²) in [6.45, 7) is 4.15. The lowest BCUT2D eigenvalue weighted by Crippen LogP contribution is -2.46. The summed E-state index contributed by atoms with van der Waals surface area (Å²) in [5, 5.41) is 5.57. The van der Waals surface area contributed by atoms with Crippen LogP contribution in [0.25, 0.3) is 11.2 Å². The molecule has 3 heterocycles. The van der Waals surface area contributed by atoms with Crippen LogP contribution in [0.5, 0.6) is 0 Å². The number of carbonyl (C=O) groups excluding carboxylic acids is 1. The van der Waals surface area contributed by atoms with Gasteiger partial charge >= 0.3 is 6.18 Å². The fourth-order valence-corrected chi connectivity index (χ4v) is 4.44. The van der Waals surface area contributed by atoms with Gasteiger partial charge in [0.1, 0.15) is 17.4 Å². The molecule has 8 nitrogen and oxygen atoms in total. The van der Waals surface area contributed by atoms with Gasteiger partial charge in [-0.25, -0.2) is 9.97 Å². The molecule has 1 aliphatic heterocycles. The van der Waals surface area contributed by atoms with Gasteiger partial charge in [0.15, 0.2) is 11.2 Å². The van der Waals surface area contributed by atoms with Gasteiger partial charge in [-0.1, -0.05) is 30.1 Å². The number of fused-ring (bicyclic) bond motifs is 1. The highest BCUT2D eigenvalue weighted by Crippen LogP contribution is 2.34. The molecule has 4 rings (SSSR count). The van der Waals surface area contributed by atoms with E-state index < -0.39 is 17.6 Å². The first-order valence-corrected chi connectivity index (χ1v) is 11.6. The number of pyridine rings is 1. The Hall–Kier alpha value is -2.89. The van der Waals surface area contributed by atoms with Crippen LogP contribution in [0.2, 0.25) is 10.2 Å². The highest BCUT2D eigenvalue weighted by atomic mass is 35.5. The van der Waals surface area contributed by atoms with E-state index in [1.54, 1.807) is 4.57 Å². The molecule has 0 atom stereocenters. The van der Waals surface area contributed by atoms with Gasteiger partial charge < -0.3 is 20.1 Å². The normalized spacial score (nSPS) is 14.4. The van der Waals surface area contributed by atoms with Crippen LogP contribution in [-0.4, -0.2) is 46.6 Å². The molecule has 13 heteroatoms. The van der Waals surface area contributed by atoms with Crippen molar-refractivity contribution in [2.24, 2.45) is 0 Å².